The first-order valence-electron chi connectivity index (χ1n) is 6.76. The smallest absolute Gasteiger partial charge is 0.247 e. The molecule has 2 heterocycles. The fraction of sp³-hybridized carbons (Fsp3) is 0.357. The third-order valence-electron chi connectivity index (χ3n) is 3.33. The van der Waals surface area contributed by atoms with Crippen LogP contribution in [0.4, 0.5) is 11.8 Å². The molecule has 1 aliphatic heterocycles. The normalized spacial score (nSPS) is 14.6. The van der Waals surface area contributed by atoms with Crippen LogP contribution in [0.3, 0.4) is 0 Å². The van der Waals surface area contributed by atoms with Gasteiger partial charge in [-0.2, -0.15) is 4.98 Å². The Morgan fingerprint density at radius 2 is 1.85 bits per heavy atom. The third-order valence-corrected chi connectivity index (χ3v) is 3.58. The van der Waals surface area contributed by atoms with Gasteiger partial charge in [-0.15, -0.1) is 10.2 Å². The highest BCUT2D eigenvalue weighted by molar-refractivity contribution is 6.31. The van der Waals surface area contributed by atoms with Gasteiger partial charge in [0.05, 0.1) is 0 Å². The molecule has 0 unspecified atom stereocenters. The summed E-state index contributed by atoms with van der Waals surface area (Å²) in [6.07, 6.45) is 2.36. The van der Waals surface area contributed by atoms with Crippen molar-refractivity contribution in [1.29, 1.82) is 0 Å². The highest BCUT2D eigenvalue weighted by atomic mass is 35.5. The minimum absolute atomic E-state index is 0.309. The average molecular weight is 290 g/mol. The van der Waals surface area contributed by atoms with Crippen LogP contribution < -0.4 is 10.2 Å². The molecule has 0 atom stereocenters. The number of nitrogens with zero attached hydrogens (tertiary/aromatic N) is 4. The van der Waals surface area contributed by atoms with Gasteiger partial charge in [-0.1, -0.05) is 41.9 Å². The summed E-state index contributed by atoms with van der Waals surface area (Å²) in [4.78, 5) is 6.61. The summed E-state index contributed by atoms with van der Waals surface area (Å²) in [5.74, 6) is 1.25. The summed E-state index contributed by atoms with van der Waals surface area (Å²) >= 11 is 6.05. The van der Waals surface area contributed by atoms with Gasteiger partial charge < -0.3 is 10.2 Å². The highest BCUT2D eigenvalue weighted by Crippen LogP contribution is 2.21. The number of aromatic nitrogens is 3. The molecule has 1 saturated heterocycles. The fourth-order valence-electron chi connectivity index (χ4n) is 2.25. The number of hydrogen-bond acceptors (Lipinski definition) is 5. The van der Waals surface area contributed by atoms with E-state index in [0.29, 0.717) is 23.5 Å². The van der Waals surface area contributed by atoms with Gasteiger partial charge in [-0.05, 0) is 18.4 Å². The molecule has 1 aromatic carbocycles. The minimum Gasteiger partial charge on any atom is -0.363 e. The average Bonchev–Trinajstić information content (AvgIpc) is 3.02. The molecular formula is C14H16ClN5. The Bertz CT molecular complexity index is 569. The molecule has 1 fully saturated rings. The molecular weight excluding hydrogens is 274 g/mol. The molecule has 0 spiro atoms. The number of nitrogens with one attached hydrogen (secondary N) is 1. The van der Waals surface area contributed by atoms with Gasteiger partial charge in [-0.25, -0.2) is 0 Å². The summed E-state index contributed by atoms with van der Waals surface area (Å²) < 4.78 is 0. The largest absolute Gasteiger partial charge is 0.363 e. The van der Waals surface area contributed by atoms with E-state index in [-0.39, 0.29) is 0 Å². The quantitative estimate of drug-likeness (QED) is 0.938. The maximum atomic E-state index is 6.05. The van der Waals surface area contributed by atoms with Gasteiger partial charge in [0.25, 0.3) is 0 Å². The van der Waals surface area contributed by atoms with Crippen molar-refractivity contribution in [2.24, 2.45) is 0 Å². The van der Waals surface area contributed by atoms with Crippen molar-refractivity contribution in [3.63, 3.8) is 0 Å². The monoisotopic (exact) mass is 289 g/mol. The van der Waals surface area contributed by atoms with Crippen LogP contribution in [0.25, 0.3) is 0 Å². The molecule has 1 aliphatic rings. The third kappa shape index (κ3) is 2.99. The summed E-state index contributed by atoms with van der Waals surface area (Å²) in [5.41, 5.74) is 1.17. The van der Waals surface area contributed by atoms with Gasteiger partial charge in [0.2, 0.25) is 5.95 Å². The Labute approximate surface area is 123 Å². The molecule has 0 amide bonds. The molecule has 104 valence electrons. The number of rotatable bonds is 4. The molecule has 0 bridgehead atoms. The standard InChI is InChI=1S/C14H16ClN5/c15-12-13(16-10-11-6-2-1-3-7-11)17-14(19-18-12)20-8-4-5-9-20/h1-3,6-7H,4-5,8-10H2,(H,16,17,19). The number of hydrogen-bond donors (Lipinski definition) is 1. The molecule has 0 aliphatic carbocycles. The molecule has 3 rings (SSSR count). The van der Waals surface area contributed by atoms with Gasteiger partial charge >= 0.3 is 0 Å². The van der Waals surface area contributed by atoms with Gasteiger partial charge in [0.1, 0.15) is 0 Å². The van der Waals surface area contributed by atoms with Crippen molar-refractivity contribution in [3.05, 3.63) is 41.0 Å². The van der Waals surface area contributed by atoms with Crippen LogP contribution in [-0.2, 0) is 6.54 Å². The van der Waals surface area contributed by atoms with Gasteiger partial charge in [-0.3, -0.25) is 0 Å². The van der Waals surface area contributed by atoms with Crippen molar-refractivity contribution >= 4 is 23.4 Å². The Balaban J connectivity index is 1.73. The number of anilines is 2. The van der Waals surface area contributed by atoms with Gasteiger partial charge in [0, 0.05) is 19.6 Å². The Morgan fingerprint density at radius 1 is 1.10 bits per heavy atom. The fourth-order valence-corrected chi connectivity index (χ4v) is 2.40. The van der Waals surface area contributed by atoms with Crippen LogP contribution in [0.1, 0.15) is 18.4 Å². The van der Waals surface area contributed by atoms with Crippen LogP contribution >= 0.6 is 11.6 Å². The maximum absolute atomic E-state index is 6.05. The molecule has 1 N–H and O–H groups in total. The first kappa shape index (κ1) is 13.1. The first-order valence-corrected chi connectivity index (χ1v) is 7.14. The second-order valence-corrected chi connectivity index (χ2v) is 5.14. The highest BCUT2D eigenvalue weighted by Gasteiger charge is 2.17. The van der Waals surface area contributed by atoms with Crippen LogP contribution in [0, 0.1) is 0 Å². The Kier molecular flexibility index (Phi) is 3.97. The predicted octanol–water partition coefficient (Wildman–Crippen LogP) is 2.74. The van der Waals surface area contributed by atoms with Crippen LogP contribution in [-0.4, -0.2) is 28.3 Å². The zero-order valence-corrected chi connectivity index (χ0v) is 11.8. The topological polar surface area (TPSA) is 53.9 Å². The minimum atomic E-state index is 0.309. The van der Waals surface area contributed by atoms with Gasteiger partial charge in [0.15, 0.2) is 11.0 Å². The second-order valence-electron chi connectivity index (χ2n) is 4.78. The van der Waals surface area contributed by atoms with Crippen LogP contribution in [0.15, 0.2) is 30.3 Å². The van der Waals surface area contributed by atoms with Crippen molar-refractivity contribution in [2.75, 3.05) is 23.3 Å². The molecule has 6 heteroatoms. The summed E-state index contributed by atoms with van der Waals surface area (Å²) in [7, 11) is 0. The Hall–Kier alpha value is -1.88. The molecule has 0 saturated carbocycles. The van der Waals surface area contributed by atoms with E-state index in [1.807, 2.05) is 18.2 Å². The van der Waals surface area contributed by atoms with Crippen molar-refractivity contribution in [2.45, 2.75) is 19.4 Å². The number of halogens is 1. The Morgan fingerprint density at radius 3 is 2.60 bits per heavy atom. The van der Waals surface area contributed by atoms with E-state index in [1.165, 1.54) is 18.4 Å². The lowest BCUT2D eigenvalue weighted by atomic mass is 10.2. The molecule has 1 aromatic heterocycles. The van der Waals surface area contributed by atoms with Crippen LogP contribution in [0.2, 0.25) is 5.15 Å². The number of benzene rings is 1. The van der Waals surface area contributed by atoms with E-state index in [4.69, 9.17) is 11.6 Å². The van der Waals surface area contributed by atoms with Crippen molar-refractivity contribution in [1.82, 2.24) is 15.2 Å². The van der Waals surface area contributed by atoms with E-state index < -0.39 is 0 Å². The zero-order chi connectivity index (χ0) is 13.8. The predicted molar refractivity (Wildman–Crippen MR) is 80.1 cm³/mol. The van der Waals surface area contributed by atoms with E-state index in [9.17, 15) is 0 Å². The maximum Gasteiger partial charge on any atom is 0.247 e. The molecule has 0 radical (unpaired) electrons. The lowest BCUT2D eigenvalue weighted by molar-refractivity contribution is 0.849. The van der Waals surface area contributed by atoms with Crippen molar-refractivity contribution in [3.8, 4) is 0 Å². The summed E-state index contributed by atoms with van der Waals surface area (Å²) in [6, 6.07) is 10.1. The molecule has 5 nitrogen and oxygen atoms in total. The van der Waals surface area contributed by atoms with E-state index in [1.54, 1.807) is 0 Å². The van der Waals surface area contributed by atoms with E-state index in [2.05, 4.69) is 37.5 Å². The lowest BCUT2D eigenvalue weighted by Gasteiger charge is -2.15. The second kappa shape index (κ2) is 6.05. The lowest BCUT2D eigenvalue weighted by Crippen LogP contribution is -2.21. The summed E-state index contributed by atoms with van der Waals surface area (Å²) in [6.45, 7) is 2.64. The molecule has 20 heavy (non-hydrogen) atoms. The van der Waals surface area contributed by atoms with E-state index >= 15 is 0 Å². The summed E-state index contributed by atoms with van der Waals surface area (Å²) in [5, 5.41) is 11.6. The first-order chi connectivity index (χ1) is 9.83. The van der Waals surface area contributed by atoms with E-state index in [0.717, 1.165) is 13.1 Å². The zero-order valence-electron chi connectivity index (χ0n) is 11.1. The van der Waals surface area contributed by atoms with Crippen LogP contribution in [0.5, 0.6) is 0 Å². The molecule has 2 aromatic rings. The SMILES string of the molecule is Clc1nnc(N2CCCC2)nc1NCc1ccccc1. The van der Waals surface area contributed by atoms with Crippen molar-refractivity contribution < 1.29 is 0 Å².